The molecule has 3 aromatic heterocycles. The molecular formula is C24H18BrN5S. The first-order valence-corrected chi connectivity index (χ1v) is 11.4. The lowest BCUT2D eigenvalue weighted by Gasteiger charge is -2.04. The number of aromatic amines is 1. The number of hydrogen-bond acceptors (Lipinski definition) is 4. The number of nitrogens with one attached hydrogen (secondary N) is 1. The average molecular weight is 488 g/mol. The highest BCUT2D eigenvalue weighted by atomic mass is 79.9. The van der Waals surface area contributed by atoms with E-state index in [4.69, 9.17) is 10.1 Å². The smallest absolute Gasteiger partial charge is 0.211 e. The van der Waals surface area contributed by atoms with Gasteiger partial charge in [-0.2, -0.15) is 5.10 Å². The topological polar surface area (TPSA) is 58.3 Å². The predicted octanol–water partition coefficient (Wildman–Crippen LogP) is 6.28. The fourth-order valence-corrected chi connectivity index (χ4v) is 4.54. The number of aryl methyl sites for hydroxylation is 1. The molecule has 31 heavy (non-hydrogen) atoms. The minimum absolute atomic E-state index is 0.777. The van der Waals surface area contributed by atoms with E-state index in [-0.39, 0.29) is 0 Å². The molecule has 0 aliphatic rings. The zero-order valence-corrected chi connectivity index (χ0v) is 19.1. The number of pyridine rings is 1. The van der Waals surface area contributed by atoms with Crippen LogP contribution in [0.15, 0.2) is 93.0 Å². The van der Waals surface area contributed by atoms with Crippen LogP contribution in [0.4, 0.5) is 5.69 Å². The molecule has 2 aromatic carbocycles. The molecule has 0 aliphatic carbocycles. The summed E-state index contributed by atoms with van der Waals surface area (Å²) in [6, 6.07) is 20.3. The fraction of sp³-hybridized carbons (Fsp3) is 0.0417. The minimum Gasteiger partial charge on any atom is -0.358 e. The van der Waals surface area contributed by atoms with Crippen molar-refractivity contribution >= 4 is 50.1 Å². The zero-order chi connectivity index (χ0) is 21.2. The van der Waals surface area contributed by atoms with E-state index in [0.717, 1.165) is 48.4 Å². The number of hydrogen-bond donors (Lipinski definition) is 1. The van der Waals surface area contributed by atoms with Crippen LogP contribution in [-0.2, 0) is 0 Å². The Labute approximate surface area is 191 Å². The van der Waals surface area contributed by atoms with Crippen LogP contribution in [0, 0.1) is 6.92 Å². The molecule has 152 valence electrons. The molecular weight excluding hydrogens is 470 g/mol. The van der Waals surface area contributed by atoms with Gasteiger partial charge in [0.1, 0.15) is 0 Å². The van der Waals surface area contributed by atoms with Gasteiger partial charge in [-0.05, 0) is 37.3 Å². The molecule has 0 atom stereocenters. The van der Waals surface area contributed by atoms with Crippen molar-refractivity contribution < 1.29 is 0 Å². The molecule has 5 aromatic rings. The second kappa shape index (κ2) is 8.45. The van der Waals surface area contributed by atoms with E-state index in [1.165, 1.54) is 0 Å². The van der Waals surface area contributed by atoms with Crippen molar-refractivity contribution in [2.75, 3.05) is 0 Å². The second-order valence-corrected chi connectivity index (χ2v) is 8.75. The van der Waals surface area contributed by atoms with E-state index in [0.29, 0.717) is 0 Å². The first-order valence-electron chi connectivity index (χ1n) is 9.72. The second-order valence-electron chi connectivity index (χ2n) is 7.00. The van der Waals surface area contributed by atoms with Crippen molar-refractivity contribution in [3.8, 4) is 11.3 Å². The molecule has 1 N–H and O–H groups in total. The summed E-state index contributed by atoms with van der Waals surface area (Å²) in [5, 5.41) is 8.10. The molecule has 7 heteroatoms. The van der Waals surface area contributed by atoms with Gasteiger partial charge in [-0.25, -0.2) is 9.67 Å². The molecule has 0 aliphatic heterocycles. The third-order valence-electron chi connectivity index (χ3n) is 4.94. The van der Waals surface area contributed by atoms with Crippen molar-refractivity contribution in [2.45, 2.75) is 6.92 Å². The molecule has 0 fully saturated rings. The number of benzene rings is 2. The van der Waals surface area contributed by atoms with Gasteiger partial charge in [0.05, 0.1) is 23.8 Å². The quantitative estimate of drug-likeness (QED) is 0.298. The summed E-state index contributed by atoms with van der Waals surface area (Å²) in [4.78, 5) is 13.2. The number of aromatic nitrogens is 3. The lowest BCUT2D eigenvalue weighted by atomic mass is 10.1. The maximum atomic E-state index is 4.87. The first-order chi connectivity index (χ1) is 15.2. The van der Waals surface area contributed by atoms with Crippen LogP contribution in [0.1, 0.15) is 11.3 Å². The Morgan fingerprint density at radius 1 is 1.06 bits per heavy atom. The summed E-state index contributed by atoms with van der Waals surface area (Å²) in [6.45, 7) is 2.07. The third kappa shape index (κ3) is 4.02. The Bertz CT molecular complexity index is 1440. The molecule has 0 unspecified atom stereocenters. The maximum Gasteiger partial charge on any atom is 0.211 e. The lowest BCUT2D eigenvalue weighted by molar-refractivity contribution is 0.854. The number of thiazole rings is 1. The summed E-state index contributed by atoms with van der Waals surface area (Å²) in [6.07, 6.45) is 5.40. The van der Waals surface area contributed by atoms with Crippen LogP contribution in [0.3, 0.4) is 0 Å². The summed E-state index contributed by atoms with van der Waals surface area (Å²) < 4.78 is 2.93. The van der Waals surface area contributed by atoms with Crippen molar-refractivity contribution in [3.63, 3.8) is 0 Å². The van der Waals surface area contributed by atoms with Gasteiger partial charge in [0, 0.05) is 43.8 Å². The number of fused-ring (bicyclic) bond motifs is 1. The summed E-state index contributed by atoms with van der Waals surface area (Å²) in [5.41, 5.74) is 6.10. The van der Waals surface area contributed by atoms with Gasteiger partial charge in [-0.15, -0.1) is 11.3 Å². The maximum absolute atomic E-state index is 4.87. The van der Waals surface area contributed by atoms with Crippen molar-refractivity contribution in [1.82, 2.24) is 14.6 Å². The number of rotatable bonds is 4. The monoisotopic (exact) mass is 487 g/mol. The normalized spacial score (nSPS) is 12.3. The summed E-state index contributed by atoms with van der Waals surface area (Å²) in [5.74, 6) is 0. The van der Waals surface area contributed by atoms with Crippen LogP contribution in [0.2, 0.25) is 0 Å². The van der Waals surface area contributed by atoms with Crippen molar-refractivity contribution in [3.05, 3.63) is 99.0 Å². The molecule has 0 spiro atoms. The van der Waals surface area contributed by atoms with E-state index >= 15 is 0 Å². The van der Waals surface area contributed by atoms with Crippen LogP contribution in [0.5, 0.6) is 0 Å². The molecule has 3 heterocycles. The molecule has 0 saturated carbocycles. The largest absolute Gasteiger partial charge is 0.358 e. The van der Waals surface area contributed by atoms with Gasteiger partial charge < -0.3 is 4.98 Å². The Balaban J connectivity index is 1.67. The Hall–Kier alpha value is -3.29. The predicted molar refractivity (Wildman–Crippen MR) is 131 cm³/mol. The molecule has 0 bridgehead atoms. The van der Waals surface area contributed by atoms with E-state index in [2.05, 4.69) is 62.5 Å². The van der Waals surface area contributed by atoms with Gasteiger partial charge in [-0.3, -0.25) is 4.98 Å². The van der Waals surface area contributed by atoms with Gasteiger partial charge >= 0.3 is 0 Å². The van der Waals surface area contributed by atoms with Gasteiger partial charge in [0.25, 0.3) is 0 Å². The van der Waals surface area contributed by atoms with E-state index < -0.39 is 0 Å². The Morgan fingerprint density at radius 3 is 2.71 bits per heavy atom. The minimum atomic E-state index is 0.777. The fourth-order valence-electron chi connectivity index (χ4n) is 3.42. The van der Waals surface area contributed by atoms with Crippen LogP contribution in [0.25, 0.3) is 22.2 Å². The van der Waals surface area contributed by atoms with Gasteiger partial charge in [0.2, 0.25) is 4.80 Å². The first kappa shape index (κ1) is 19.7. The number of H-pyrrole nitrogens is 1. The van der Waals surface area contributed by atoms with Crippen molar-refractivity contribution in [1.29, 1.82) is 0 Å². The van der Waals surface area contributed by atoms with Gasteiger partial charge in [0.15, 0.2) is 0 Å². The zero-order valence-electron chi connectivity index (χ0n) is 16.7. The standard InChI is InChI=1S/C24H18BrN5S/c1-16-21(20-6-2-3-7-22(20)28-16)14-27-30-23(17-8-10-18(25)11-9-17)15-31-24(30)29-19-5-4-12-26-13-19/h2-15,28H,1H3. The highest BCUT2D eigenvalue weighted by Gasteiger charge is 2.10. The molecule has 0 saturated heterocycles. The average Bonchev–Trinajstić information content (AvgIpc) is 3.33. The highest BCUT2D eigenvalue weighted by molar-refractivity contribution is 9.10. The SMILES string of the molecule is Cc1[nH]c2ccccc2c1C=Nn1c(-c2ccc(Br)cc2)csc1=Nc1cccnc1. The Morgan fingerprint density at radius 2 is 1.90 bits per heavy atom. The molecule has 5 rings (SSSR count). The summed E-state index contributed by atoms with van der Waals surface area (Å²) >= 11 is 5.06. The molecule has 5 nitrogen and oxygen atoms in total. The van der Waals surface area contributed by atoms with Gasteiger partial charge in [-0.1, -0.05) is 46.3 Å². The molecule has 0 amide bonds. The van der Waals surface area contributed by atoms with E-state index in [9.17, 15) is 0 Å². The summed E-state index contributed by atoms with van der Waals surface area (Å²) in [7, 11) is 0. The number of para-hydroxylation sites is 1. The highest BCUT2D eigenvalue weighted by Crippen LogP contribution is 2.24. The van der Waals surface area contributed by atoms with Crippen molar-refractivity contribution in [2.24, 2.45) is 10.1 Å². The van der Waals surface area contributed by atoms with Crippen LogP contribution in [-0.4, -0.2) is 20.9 Å². The number of nitrogens with zero attached hydrogens (tertiary/aromatic N) is 4. The van der Waals surface area contributed by atoms with Crippen LogP contribution < -0.4 is 4.80 Å². The third-order valence-corrected chi connectivity index (χ3v) is 6.29. The van der Waals surface area contributed by atoms with E-state index in [1.807, 2.05) is 47.3 Å². The van der Waals surface area contributed by atoms with Crippen LogP contribution >= 0.6 is 27.3 Å². The lowest BCUT2D eigenvalue weighted by Crippen LogP contribution is -2.11. The Kier molecular flexibility index (Phi) is 5.36. The van der Waals surface area contributed by atoms with E-state index in [1.54, 1.807) is 23.7 Å². The number of halogens is 1. The molecule has 0 radical (unpaired) electrons.